The molecule has 0 bridgehead atoms. The van der Waals surface area contributed by atoms with Gasteiger partial charge in [-0.2, -0.15) is 0 Å². The van der Waals surface area contributed by atoms with Gasteiger partial charge in [-0.15, -0.1) is 0 Å². The van der Waals surface area contributed by atoms with Gasteiger partial charge in [0.2, 0.25) is 10.0 Å². The van der Waals surface area contributed by atoms with Gasteiger partial charge in [0.1, 0.15) is 5.82 Å². The molecule has 1 aliphatic carbocycles. The summed E-state index contributed by atoms with van der Waals surface area (Å²) in [4.78, 5) is 25.3. The van der Waals surface area contributed by atoms with Crippen molar-refractivity contribution in [3.8, 4) is 0 Å². The van der Waals surface area contributed by atoms with Crippen LogP contribution in [0.15, 0.2) is 56.9 Å². The molecule has 3 aromatic rings. The molecule has 0 atom stereocenters. The second kappa shape index (κ2) is 6.64. The highest BCUT2D eigenvalue weighted by Gasteiger charge is 2.41. The van der Waals surface area contributed by atoms with Crippen LogP contribution in [0, 0.1) is 5.82 Å². The van der Waals surface area contributed by atoms with Gasteiger partial charge in [0.15, 0.2) is 0 Å². The number of nitrogens with one attached hydrogen (secondary N) is 1. The highest BCUT2D eigenvalue weighted by atomic mass is 32.2. The van der Waals surface area contributed by atoms with Crippen molar-refractivity contribution in [3.63, 3.8) is 0 Å². The molecule has 1 saturated carbocycles. The number of benzene rings is 2. The zero-order valence-corrected chi connectivity index (χ0v) is 16.8. The molecule has 1 fully saturated rings. The van der Waals surface area contributed by atoms with Crippen LogP contribution in [-0.4, -0.2) is 23.1 Å². The summed E-state index contributed by atoms with van der Waals surface area (Å²) in [5.74, 6) is -0.470. The number of rotatable bonds is 5. The summed E-state index contributed by atoms with van der Waals surface area (Å²) >= 11 is 0. The third kappa shape index (κ3) is 3.51. The molecular formula is C20H20FN3O4S. The second-order valence-electron chi connectivity index (χ2n) is 7.67. The summed E-state index contributed by atoms with van der Waals surface area (Å²) in [6, 6.07) is 10.1. The van der Waals surface area contributed by atoms with Gasteiger partial charge in [0, 0.05) is 18.2 Å². The molecule has 9 heteroatoms. The third-order valence-corrected chi connectivity index (χ3v) is 6.93. The van der Waals surface area contributed by atoms with E-state index in [0.717, 1.165) is 17.4 Å². The Morgan fingerprint density at radius 3 is 2.48 bits per heavy atom. The largest absolute Gasteiger partial charge is 0.331 e. The predicted molar refractivity (Wildman–Crippen MR) is 107 cm³/mol. The first kappa shape index (κ1) is 19.5. The third-order valence-electron chi connectivity index (χ3n) is 5.29. The van der Waals surface area contributed by atoms with Crippen molar-refractivity contribution in [3.05, 3.63) is 74.7 Å². The lowest BCUT2D eigenvalue weighted by molar-refractivity contribution is 0.558. The van der Waals surface area contributed by atoms with E-state index in [1.54, 1.807) is 18.2 Å². The summed E-state index contributed by atoms with van der Waals surface area (Å²) in [5.41, 5.74) is -1.13. The second-order valence-corrected chi connectivity index (χ2v) is 9.35. The molecular weight excluding hydrogens is 397 g/mol. The van der Waals surface area contributed by atoms with Crippen molar-refractivity contribution in [1.82, 2.24) is 13.9 Å². The minimum atomic E-state index is -3.81. The van der Waals surface area contributed by atoms with Crippen LogP contribution in [0.1, 0.15) is 25.3 Å². The van der Waals surface area contributed by atoms with Gasteiger partial charge in [-0.1, -0.05) is 18.2 Å². The Labute approximate surface area is 166 Å². The number of hydrogen-bond acceptors (Lipinski definition) is 4. The summed E-state index contributed by atoms with van der Waals surface area (Å²) in [7, 11) is -2.50. The van der Waals surface area contributed by atoms with E-state index in [0.29, 0.717) is 0 Å². The lowest BCUT2D eigenvalue weighted by atomic mass is 10.2. The van der Waals surface area contributed by atoms with E-state index < -0.39 is 32.6 Å². The van der Waals surface area contributed by atoms with Crippen LogP contribution < -0.4 is 16.0 Å². The molecule has 152 valence electrons. The molecule has 1 heterocycles. The Kier molecular flexibility index (Phi) is 4.47. The summed E-state index contributed by atoms with van der Waals surface area (Å²) in [6.45, 7) is 1.73. The number of sulfonamides is 1. The van der Waals surface area contributed by atoms with E-state index in [1.807, 2.05) is 6.92 Å². The minimum absolute atomic E-state index is 0.0497. The van der Waals surface area contributed by atoms with Gasteiger partial charge in [0.25, 0.3) is 5.56 Å². The summed E-state index contributed by atoms with van der Waals surface area (Å²) < 4.78 is 44.3. The SMILES string of the molecule is Cn1c(=O)c2cc(S(=O)(=O)NC3(C)CC3)ccc2n(Cc2ccccc2F)c1=O. The Bertz CT molecular complexity index is 1350. The summed E-state index contributed by atoms with van der Waals surface area (Å²) in [6.07, 6.45) is 1.51. The minimum Gasteiger partial charge on any atom is -0.289 e. The van der Waals surface area contributed by atoms with Gasteiger partial charge in [-0.25, -0.2) is 22.3 Å². The van der Waals surface area contributed by atoms with Crippen molar-refractivity contribution in [1.29, 1.82) is 0 Å². The predicted octanol–water partition coefficient (Wildman–Crippen LogP) is 1.72. The standard InChI is InChI=1S/C20H20FN3O4S/c1-20(9-10-20)22-29(27,28)14-7-8-17-15(11-14)18(25)23(2)19(26)24(17)12-13-5-3-4-6-16(13)21/h3-8,11,22H,9-10,12H2,1-2H3. The van der Waals surface area contributed by atoms with Crippen molar-refractivity contribution in [2.75, 3.05) is 0 Å². The quantitative estimate of drug-likeness (QED) is 0.685. The number of fused-ring (bicyclic) bond motifs is 1. The maximum atomic E-state index is 14.1. The normalized spacial score (nSPS) is 15.6. The zero-order valence-electron chi connectivity index (χ0n) is 16.0. The van der Waals surface area contributed by atoms with Crippen molar-refractivity contribution < 1.29 is 12.8 Å². The Hall–Kier alpha value is -2.78. The van der Waals surface area contributed by atoms with Gasteiger partial charge in [0.05, 0.1) is 22.3 Å². The molecule has 29 heavy (non-hydrogen) atoms. The number of nitrogens with zero attached hydrogens (tertiary/aromatic N) is 2. The van der Waals surface area contributed by atoms with Crippen LogP contribution in [0.25, 0.3) is 10.9 Å². The molecule has 0 spiro atoms. The van der Waals surface area contributed by atoms with Crippen molar-refractivity contribution >= 4 is 20.9 Å². The first-order valence-electron chi connectivity index (χ1n) is 9.12. The van der Waals surface area contributed by atoms with Gasteiger partial charge in [-0.05, 0) is 44.0 Å². The van der Waals surface area contributed by atoms with Gasteiger partial charge < -0.3 is 0 Å². The van der Waals surface area contributed by atoms with Crippen molar-refractivity contribution in [2.45, 2.75) is 36.7 Å². The van der Waals surface area contributed by atoms with Crippen LogP contribution in [-0.2, 0) is 23.6 Å². The maximum Gasteiger partial charge on any atom is 0.331 e. The monoisotopic (exact) mass is 417 g/mol. The Morgan fingerprint density at radius 1 is 1.14 bits per heavy atom. The molecule has 7 nitrogen and oxygen atoms in total. The lowest BCUT2D eigenvalue weighted by Crippen LogP contribution is -2.39. The van der Waals surface area contributed by atoms with E-state index in [4.69, 9.17) is 0 Å². The molecule has 0 saturated heterocycles. The van der Waals surface area contributed by atoms with E-state index in [2.05, 4.69) is 4.72 Å². The molecule has 1 N–H and O–H groups in total. The highest BCUT2D eigenvalue weighted by molar-refractivity contribution is 7.89. The van der Waals surface area contributed by atoms with Crippen LogP contribution in [0.4, 0.5) is 4.39 Å². The van der Waals surface area contributed by atoms with Crippen molar-refractivity contribution in [2.24, 2.45) is 7.05 Å². The van der Waals surface area contributed by atoms with Crippen LogP contribution >= 0.6 is 0 Å². The fourth-order valence-corrected chi connectivity index (χ4v) is 4.75. The average Bonchev–Trinajstić information content (AvgIpc) is 3.40. The molecule has 4 rings (SSSR count). The average molecular weight is 417 g/mol. The molecule has 0 unspecified atom stereocenters. The Morgan fingerprint density at radius 2 is 1.83 bits per heavy atom. The molecule has 1 aliphatic rings. The highest BCUT2D eigenvalue weighted by Crippen LogP contribution is 2.36. The van der Waals surface area contributed by atoms with Gasteiger partial charge >= 0.3 is 5.69 Å². The van der Waals surface area contributed by atoms with E-state index in [9.17, 15) is 22.4 Å². The lowest BCUT2D eigenvalue weighted by Gasteiger charge is -2.15. The zero-order chi connectivity index (χ0) is 21.0. The first-order valence-corrected chi connectivity index (χ1v) is 10.6. The first-order chi connectivity index (χ1) is 13.6. The van der Waals surface area contributed by atoms with Gasteiger partial charge in [-0.3, -0.25) is 13.9 Å². The molecule has 2 aromatic carbocycles. The fraction of sp³-hybridized carbons (Fsp3) is 0.300. The van der Waals surface area contributed by atoms with Crippen LogP contribution in [0.5, 0.6) is 0 Å². The molecule has 0 aliphatic heterocycles. The van der Waals surface area contributed by atoms with E-state index >= 15 is 0 Å². The molecule has 1 aromatic heterocycles. The van der Waals surface area contributed by atoms with E-state index in [1.165, 1.54) is 35.9 Å². The van der Waals surface area contributed by atoms with Crippen LogP contribution in [0.3, 0.4) is 0 Å². The number of hydrogen-bond donors (Lipinski definition) is 1. The number of halogens is 1. The topological polar surface area (TPSA) is 90.2 Å². The number of aromatic nitrogens is 2. The molecule has 0 amide bonds. The maximum absolute atomic E-state index is 14.1. The molecule has 0 radical (unpaired) electrons. The fourth-order valence-electron chi connectivity index (χ4n) is 3.26. The summed E-state index contributed by atoms with van der Waals surface area (Å²) in [5, 5.41) is 0.0762. The van der Waals surface area contributed by atoms with Crippen LogP contribution in [0.2, 0.25) is 0 Å². The van der Waals surface area contributed by atoms with E-state index in [-0.39, 0.29) is 27.9 Å². The smallest absolute Gasteiger partial charge is 0.289 e. The Balaban J connectivity index is 1.89.